The summed E-state index contributed by atoms with van der Waals surface area (Å²) in [5.74, 6) is 0.207. The Morgan fingerprint density at radius 3 is 2.86 bits per heavy atom. The lowest BCUT2D eigenvalue weighted by Gasteiger charge is -1.99. The average Bonchev–Trinajstić information content (AvgIpc) is 3.02. The molecule has 0 radical (unpaired) electrons. The zero-order chi connectivity index (χ0) is 14.8. The maximum absolute atomic E-state index is 11.3. The molecule has 0 saturated carbocycles. The summed E-state index contributed by atoms with van der Waals surface area (Å²) in [7, 11) is 1.61. The molecular formula is C15H12N2O4. The molecule has 1 fully saturated rings. The Morgan fingerprint density at radius 1 is 1.29 bits per heavy atom. The van der Waals surface area contributed by atoms with E-state index in [-0.39, 0.29) is 5.76 Å². The molecule has 2 N–H and O–H groups in total. The van der Waals surface area contributed by atoms with Crippen LogP contribution in [-0.4, -0.2) is 24.1 Å². The molecule has 3 rings (SSSR count). The van der Waals surface area contributed by atoms with Gasteiger partial charge in [-0.15, -0.1) is 0 Å². The summed E-state index contributed by atoms with van der Waals surface area (Å²) >= 11 is 0. The fourth-order valence-electron chi connectivity index (χ4n) is 2.06. The molecule has 0 aliphatic carbocycles. The summed E-state index contributed by atoms with van der Waals surface area (Å²) in [4.78, 5) is 25.3. The number of carbonyl (C=O) groups is 2. The van der Waals surface area contributed by atoms with Gasteiger partial charge in [0.05, 0.1) is 7.11 Å². The van der Waals surface area contributed by atoms with Crippen LogP contribution in [0, 0.1) is 0 Å². The molecule has 6 nitrogen and oxygen atoms in total. The van der Waals surface area contributed by atoms with E-state index in [1.807, 2.05) is 35.8 Å². The third-order valence-electron chi connectivity index (χ3n) is 3.09. The van der Waals surface area contributed by atoms with Gasteiger partial charge in [-0.2, -0.15) is 0 Å². The van der Waals surface area contributed by atoms with Crippen LogP contribution in [-0.2, 0) is 9.53 Å². The molecule has 1 saturated heterocycles. The first-order chi connectivity index (χ1) is 10.2. The highest BCUT2D eigenvalue weighted by molar-refractivity contribution is 6.07. The van der Waals surface area contributed by atoms with Crippen molar-refractivity contribution in [3.05, 3.63) is 47.9 Å². The van der Waals surface area contributed by atoms with Crippen molar-refractivity contribution in [1.29, 1.82) is 0 Å². The Balaban J connectivity index is 1.88. The Morgan fingerprint density at radius 2 is 2.14 bits per heavy atom. The van der Waals surface area contributed by atoms with Crippen LogP contribution in [0.4, 0.5) is 4.79 Å². The predicted molar refractivity (Wildman–Crippen MR) is 76.6 cm³/mol. The number of aromatic nitrogens is 1. The number of carbonyl (C=O) groups excluding carboxylic acids is 2. The summed E-state index contributed by atoms with van der Waals surface area (Å²) in [6, 6.07) is 5.72. The second kappa shape index (κ2) is 5.16. The highest BCUT2D eigenvalue weighted by atomic mass is 16.6. The number of alkyl carbamates (subject to hydrolysis) is 1. The quantitative estimate of drug-likeness (QED) is 0.848. The lowest BCUT2D eigenvalue weighted by molar-refractivity contribution is -0.116. The molecule has 2 amide bonds. The highest BCUT2D eigenvalue weighted by Gasteiger charge is 2.25. The molecule has 1 aromatic carbocycles. The molecule has 1 aliphatic rings. The Labute approximate surface area is 120 Å². The monoisotopic (exact) mass is 284 g/mol. The van der Waals surface area contributed by atoms with Crippen molar-refractivity contribution in [1.82, 2.24) is 10.3 Å². The molecule has 2 aromatic rings. The van der Waals surface area contributed by atoms with Gasteiger partial charge >= 0.3 is 6.09 Å². The SMILES string of the molecule is COc1ccc2[nH]cc(C=CC=C3OC(=O)NC3=O)c2c1. The van der Waals surface area contributed by atoms with E-state index in [1.54, 1.807) is 13.2 Å². The van der Waals surface area contributed by atoms with Crippen molar-refractivity contribution >= 4 is 29.0 Å². The van der Waals surface area contributed by atoms with Crippen LogP contribution < -0.4 is 10.1 Å². The zero-order valence-electron chi connectivity index (χ0n) is 11.2. The van der Waals surface area contributed by atoms with Crippen LogP contribution in [0.5, 0.6) is 5.75 Å². The number of hydrogen-bond donors (Lipinski definition) is 2. The lowest BCUT2D eigenvalue weighted by Crippen LogP contribution is -2.18. The van der Waals surface area contributed by atoms with Crippen molar-refractivity contribution in [3.8, 4) is 5.75 Å². The fourth-order valence-corrected chi connectivity index (χ4v) is 2.06. The Kier molecular flexibility index (Phi) is 3.19. The van der Waals surface area contributed by atoms with E-state index in [1.165, 1.54) is 6.08 Å². The summed E-state index contributed by atoms with van der Waals surface area (Å²) in [6.45, 7) is 0. The van der Waals surface area contributed by atoms with Crippen molar-refractivity contribution in [2.75, 3.05) is 7.11 Å². The van der Waals surface area contributed by atoms with E-state index in [0.29, 0.717) is 0 Å². The van der Waals surface area contributed by atoms with Gasteiger partial charge in [0, 0.05) is 17.1 Å². The third-order valence-corrected chi connectivity index (χ3v) is 3.09. The van der Waals surface area contributed by atoms with Crippen LogP contribution in [0.1, 0.15) is 5.56 Å². The number of methoxy groups -OCH3 is 1. The molecule has 6 heteroatoms. The molecule has 0 spiro atoms. The summed E-state index contributed by atoms with van der Waals surface area (Å²) < 4.78 is 9.90. The van der Waals surface area contributed by atoms with E-state index in [4.69, 9.17) is 9.47 Å². The van der Waals surface area contributed by atoms with E-state index >= 15 is 0 Å². The molecule has 0 unspecified atom stereocenters. The first-order valence-electron chi connectivity index (χ1n) is 6.24. The van der Waals surface area contributed by atoms with Crippen molar-refractivity contribution in [2.24, 2.45) is 0 Å². The maximum atomic E-state index is 11.3. The first kappa shape index (κ1) is 13.0. The Hall–Kier alpha value is -3.02. The minimum Gasteiger partial charge on any atom is -0.497 e. The van der Waals surface area contributed by atoms with Gasteiger partial charge in [0.2, 0.25) is 0 Å². The number of rotatable bonds is 3. The van der Waals surface area contributed by atoms with Crippen molar-refractivity contribution in [3.63, 3.8) is 0 Å². The number of allylic oxidation sites excluding steroid dienone is 2. The molecular weight excluding hydrogens is 272 g/mol. The largest absolute Gasteiger partial charge is 0.497 e. The van der Waals surface area contributed by atoms with Crippen LogP contribution in [0.15, 0.2) is 42.3 Å². The number of benzene rings is 1. The number of H-pyrrole nitrogens is 1. The van der Waals surface area contributed by atoms with Gasteiger partial charge in [-0.05, 0) is 29.8 Å². The van der Waals surface area contributed by atoms with Crippen LogP contribution in [0.3, 0.4) is 0 Å². The minimum atomic E-state index is -0.753. The highest BCUT2D eigenvalue weighted by Crippen LogP contribution is 2.24. The molecule has 0 bridgehead atoms. The smallest absolute Gasteiger partial charge is 0.419 e. The van der Waals surface area contributed by atoms with Crippen LogP contribution >= 0.6 is 0 Å². The van der Waals surface area contributed by atoms with E-state index in [9.17, 15) is 9.59 Å². The standard InChI is InChI=1S/C15H12N2O4/c1-20-10-5-6-12-11(7-10)9(8-16-12)3-2-4-13-14(18)17-15(19)21-13/h2-8,16H,1H3,(H,17,18,19). The number of fused-ring (bicyclic) bond motifs is 1. The summed E-state index contributed by atoms with van der Waals surface area (Å²) in [6.07, 6.45) is 6.00. The van der Waals surface area contributed by atoms with E-state index in [2.05, 4.69) is 4.98 Å². The second-order valence-corrected chi connectivity index (χ2v) is 4.39. The van der Waals surface area contributed by atoms with Gasteiger partial charge in [-0.1, -0.05) is 12.2 Å². The third kappa shape index (κ3) is 2.51. The van der Waals surface area contributed by atoms with Crippen molar-refractivity contribution in [2.45, 2.75) is 0 Å². The van der Waals surface area contributed by atoms with Gasteiger partial charge in [0.15, 0.2) is 5.76 Å². The van der Waals surface area contributed by atoms with Crippen LogP contribution in [0.2, 0.25) is 0 Å². The van der Waals surface area contributed by atoms with E-state index in [0.717, 1.165) is 22.2 Å². The summed E-state index contributed by atoms with van der Waals surface area (Å²) in [5, 5.41) is 3.03. The topological polar surface area (TPSA) is 80.4 Å². The molecule has 106 valence electrons. The van der Waals surface area contributed by atoms with Gasteiger partial charge in [-0.25, -0.2) is 4.79 Å². The van der Waals surface area contributed by atoms with Crippen LogP contribution in [0.25, 0.3) is 17.0 Å². The van der Waals surface area contributed by atoms with E-state index < -0.39 is 12.0 Å². The number of amides is 2. The average molecular weight is 284 g/mol. The molecule has 0 atom stereocenters. The van der Waals surface area contributed by atoms with Gasteiger partial charge in [-0.3, -0.25) is 10.1 Å². The number of imide groups is 1. The fraction of sp³-hybridized carbons (Fsp3) is 0.0667. The Bertz CT molecular complexity index is 786. The molecule has 2 heterocycles. The predicted octanol–water partition coefficient (Wildman–Crippen LogP) is 2.34. The number of nitrogens with one attached hydrogen (secondary N) is 2. The minimum absolute atomic E-state index is 0.0197. The maximum Gasteiger partial charge on any atom is 0.419 e. The second-order valence-electron chi connectivity index (χ2n) is 4.39. The molecule has 1 aromatic heterocycles. The number of ether oxygens (including phenoxy) is 2. The molecule has 1 aliphatic heterocycles. The van der Waals surface area contributed by atoms with Crippen molar-refractivity contribution < 1.29 is 19.1 Å². The van der Waals surface area contributed by atoms with Gasteiger partial charge in [0.25, 0.3) is 5.91 Å². The first-order valence-corrected chi connectivity index (χ1v) is 6.24. The number of aromatic amines is 1. The van der Waals surface area contributed by atoms with Gasteiger partial charge in [0.1, 0.15) is 5.75 Å². The summed E-state index contributed by atoms with van der Waals surface area (Å²) in [5.41, 5.74) is 1.92. The number of cyclic esters (lactones) is 1. The molecule has 21 heavy (non-hydrogen) atoms. The normalized spacial score (nSPS) is 16.7. The lowest BCUT2D eigenvalue weighted by atomic mass is 10.1. The van der Waals surface area contributed by atoms with Gasteiger partial charge < -0.3 is 14.5 Å². The number of hydrogen-bond acceptors (Lipinski definition) is 4. The zero-order valence-corrected chi connectivity index (χ0v) is 11.2.